The number of nitrogens with one attached hydrogen (secondary N) is 1. The molecule has 3 rings (SSSR count). The number of carbonyl (C=O) groups is 2. The van der Waals surface area contributed by atoms with E-state index in [0.29, 0.717) is 36.0 Å². The number of Topliss-reactive ketones (excluding diaryl/α,β-unsaturated/α-hetero) is 1. The average Bonchev–Trinajstić information content (AvgIpc) is 2.86. The van der Waals surface area contributed by atoms with Crippen LogP contribution in [0.1, 0.15) is 29.6 Å². The molecule has 8 nitrogen and oxygen atoms in total. The first-order valence-corrected chi connectivity index (χ1v) is 12.0. The van der Waals surface area contributed by atoms with Crippen LogP contribution in [0.4, 0.5) is 10.5 Å². The maximum atomic E-state index is 12.7. The van der Waals surface area contributed by atoms with Crippen LogP contribution in [0.2, 0.25) is 0 Å². The summed E-state index contributed by atoms with van der Waals surface area (Å²) in [5.74, 6) is 1.54. The predicted molar refractivity (Wildman–Crippen MR) is 133 cm³/mol. The number of hydrogen-bond acceptors (Lipinski definition) is 7. The highest BCUT2D eigenvalue weighted by atomic mass is 79.9. The standard InChI is InChI=1S/C25H31BrN2O6/c1-31-21-10-9-20(23(32-2)24(21)33-3)27-25(30)34-16-4-13-28-14-11-18(12-15-28)22(29)17-5-7-19(26)8-6-17/h5-10,18H,4,11-16H2,1-3H3,(H,27,30). The van der Waals surface area contributed by atoms with Gasteiger partial charge in [0.1, 0.15) is 0 Å². The Morgan fingerprint density at radius 1 is 0.971 bits per heavy atom. The average molecular weight is 535 g/mol. The highest BCUT2D eigenvalue weighted by Crippen LogP contribution is 2.42. The van der Waals surface area contributed by atoms with Gasteiger partial charge in [-0.3, -0.25) is 10.1 Å². The molecule has 1 saturated heterocycles. The number of amides is 1. The number of methoxy groups -OCH3 is 3. The first-order chi connectivity index (χ1) is 16.5. The van der Waals surface area contributed by atoms with E-state index in [-0.39, 0.29) is 11.7 Å². The van der Waals surface area contributed by atoms with Crippen LogP contribution in [-0.4, -0.2) is 64.3 Å². The maximum absolute atomic E-state index is 12.7. The number of carbonyl (C=O) groups excluding carboxylic acids is 2. The second-order valence-electron chi connectivity index (χ2n) is 7.98. The molecule has 1 aliphatic heterocycles. The molecule has 1 aliphatic rings. The molecule has 34 heavy (non-hydrogen) atoms. The molecule has 0 aliphatic carbocycles. The van der Waals surface area contributed by atoms with E-state index in [2.05, 4.69) is 26.1 Å². The van der Waals surface area contributed by atoms with E-state index >= 15 is 0 Å². The predicted octanol–water partition coefficient (Wildman–Crippen LogP) is 5.01. The summed E-state index contributed by atoms with van der Waals surface area (Å²) in [5, 5.41) is 2.69. The van der Waals surface area contributed by atoms with Crippen LogP contribution in [0.15, 0.2) is 40.9 Å². The fourth-order valence-corrected chi connectivity index (χ4v) is 4.33. The van der Waals surface area contributed by atoms with Crippen molar-refractivity contribution in [2.75, 3.05) is 52.9 Å². The van der Waals surface area contributed by atoms with Gasteiger partial charge in [-0.25, -0.2) is 4.79 Å². The Kier molecular flexibility index (Phi) is 9.59. The summed E-state index contributed by atoms with van der Waals surface area (Å²) in [6.45, 7) is 2.83. The fourth-order valence-electron chi connectivity index (χ4n) is 4.07. The van der Waals surface area contributed by atoms with E-state index in [1.807, 2.05) is 24.3 Å². The molecule has 0 unspecified atom stereocenters. The van der Waals surface area contributed by atoms with Crippen molar-refractivity contribution in [3.8, 4) is 17.2 Å². The number of piperidine rings is 1. The van der Waals surface area contributed by atoms with Crippen molar-refractivity contribution in [2.24, 2.45) is 5.92 Å². The van der Waals surface area contributed by atoms with Gasteiger partial charge in [0, 0.05) is 22.5 Å². The lowest BCUT2D eigenvalue weighted by atomic mass is 9.89. The summed E-state index contributed by atoms with van der Waals surface area (Å²) >= 11 is 3.40. The summed E-state index contributed by atoms with van der Waals surface area (Å²) in [6, 6.07) is 10.9. The third-order valence-corrected chi connectivity index (χ3v) is 6.41. The second kappa shape index (κ2) is 12.6. The number of hydrogen-bond donors (Lipinski definition) is 1. The second-order valence-corrected chi connectivity index (χ2v) is 8.90. The van der Waals surface area contributed by atoms with Gasteiger partial charge in [0.2, 0.25) is 5.75 Å². The van der Waals surface area contributed by atoms with Crippen LogP contribution in [-0.2, 0) is 4.74 Å². The van der Waals surface area contributed by atoms with Crippen LogP contribution < -0.4 is 19.5 Å². The van der Waals surface area contributed by atoms with E-state index in [9.17, 15) is 9.59 Å². The third-order valence-electron chi connectivity index (χ3n) is 5.88. The number of ketones is 1. The van der Waals surface area contributed by atoms with E-state index in [0.717, 1.165) is 42.5 Å². The molecule has 9 heteroatoms. The van der Waals surface area contributed by atoms with Gasteiger partial charge in [-0.1, -0.05) is 28.1 Å². The molecule has 1 fully saturated rings. The van der Waals surface area contributed by atoms with Crippen LogP contribution >= 0.6 is 15.9 Å². The molecule has 2 aromatic rings. The van der Waals surface area contributed by atoms with E-state index in [1.165, 1.54) is 21.3 Å². The number of ether oxygens (including phenoxy) is 4. The molecule has 0 aromatic heterocycles. The normalized spacial score (nSPS) is 14.4. The molecule has 0 atom stereocenters. The Hall–Kier alpha value is -2.78. The van der Waals surface area contributed by atoms with Crippen LogP contribution in [0, 0.1) is 5.92 Å². The first-order valence-electron chi connectivity index (χ1n) is 11.2. The molecule has 0 saturated carbocycles. The van der Waals surface area contributed by atoms with E-state index in [4.69, 9.17) is 18.9 Å². The van der Waals surface area contributed by atoms with Crippen molar-refractivity contribution >= 4 is 33.5 Å². The number of anilines is 1. The molecule has 0 radical (unpaired) electrons. The van der Waals surface area contributed by atoms with Gasteiger partial charge in [0.15, 0.2) is 17.3 Å². The SMILES string of the molecule is COc1ccc(NC(=O)OCCCN2CCC(C(=O)c3ccc(Br)cc3)CC2)c(OC)c1OC. The van der Waals surface area contributed by atoms with E-state index in [1.54, 1.807) is 12.1 Å². The third kappa shape index (κ3) is 6.64. The summed E-state index contributed by atoms with van der Waals surface area (Å²) in [4.78, 5) is 27.3. The topological polar surface area (TPSA) is 86.3 Å². The van der Waals surface area contributed by atoms with Gasteiger partial charge in [0.05, 0.1) is 33.6 Å². The van der Waals surface area contributed by atoms with E-state index < -0.39 is 6.09 Å². The molecule has 0 bridgehead atoms. The minimum Gasteiger partial charge on any atom is -0.493 e. The lowest BCUT2D eigenvalue weighted by Gasteiger charge is -2.31. The van der Waals surface area contributed by atoms with Gasteiger partial charge in [0.25, 0.3) is 0 Å². The fraction of sp³-hybridized carbons (Fsp3) is 0.440. The Morgan fingerprint density at radius 3 is 2.26 bits per heavy atom. The highest BCUT2D eigenvalue weighted by molar-refractivity contribution is 9.10. The van der Waals surface area contributed by atoms with Gasteiger partial charge in [-0.15, -0.1) is 0 Å². The summed E-state index contributed by atoms with van der Waals surface area (Å²) in [6.07, 6.45) is 1.83. The molecule has 1 amide bonds. The van der Waals surface area contributed by atoms with Crippen molar-refractivity contribution in [2.45, 2.75) is 19.3 Å². The molecular formula is C25H31BrN2O6. The molecule has 1 heterocycles. The van der Waals surface area contributed by atoms with Gasteiger partial charge in [-0.05, 0) is 56.6 Å². The largest absolute Gasteiger partial charge is 0.493 e. The summed E-state index contributed by atoms with van der Waals surface area (Å²) in [7, 11) is 4.52. The van der Waals surface area contributed by atoms with Crippen molar-refractivity contribution in [3.05, 3.63) is 46.4 Å². The van der Waals surface area contributed by atoms with Crippen LogP contribution in [0.3, 0.4) is 0 Å². The van der Waals surface area contributed by atoms with Crippen molar-refractivity contribution in [1.29, 1.82) is 0 Å². The molecule has 1 N–H and O–H groups in total. The number of benzene rings is 2. The molecular weight excluding hydrogens is 504 g/mol. The molecule has 0 spiro atoms. The zero-order chi connectivity index (χ0) is 24.5. The van der Waals surface area contributed by atoms with Gasteiger partial charge < -0.3 is 23.8 Å². The lowest BCUT2D eigenvalue weighted by Crippen LogP contribution is -2.37. The highest BCUT2D eigenvalue weighted by Gasteiger charge is 2.25. The monoisotopic (exact) mass is 534 g/mol. The van der Waals surface area contributed by atoms with Crippen molar-refractivity contribution < 1.29 is 28.5 Å². The van der Waals surface area contributed by atoms with Crippen molar-refractivity contribution in [1.82, 2.24) is 4.90 Å². The minimum absolute atomic E-state index is 0.0657. The van der Waals surface area contributed by atoms with Crippen LogP contribution in [0.25, 0.3) is 0 Å². The lowest BCUT2D eigenvalue weighted by molar-refractivity contribution is 0.0830. The Bertz CT molecular complexity index is 974. The minimum atomic E-state index is -0.565. The Balaban J connectivity index is 1.39. The molecule has 184 valence electrons. The van der Waals surface area contributed by atoms with Gasteiger partial charge >= 0.3 is 6.09 Å². The maximum Gasteiger partial charge on any atom is 0.411 e. The quantitative estimate of drug-likeness (QED) is 0.338. The Labute approximate surface area is 208 Å². The summed E-state index contributed by atoms with van der Waals surface area (Å²) in [5.41, 5.74) is 1.20. The number of likely N-dealkylation sites (tertiary alicyclic amines) is 1. The first kappa shape index (κ1) is 25.8. The number of rotatable bonds is 10. The molecule has 2 aromatic carbocycles. The zero-order valence-corrected chi connectivity index (χ0v) is 21.4. The van der Waals surface area contributed by atoms with Gasteiger partial charge in [-0.2, -0.15) is 0 Å². The number of halogens is 1. The smallest absolute Gasteiger partial charge is 0.411 e. The summed E-state index contributed by atoms with van der Waals surface area (Å²) < 4.78 is 22.2. The zero-order valence-electron chi connectivity index (χ0n) is 19.8. The Morgan fingerprint density at radius 2 is 1.65 bits per heavy atom. The van der Waals surface area contributed by atoms with Crippen molar-refractivity contribution in [3.63, 3.8) is 0 Å². The number of nitrogens with zero attached hydrogens (tertiary/aromatic N) is 1. The van der Waals surface area contributed by atoms with Crippen LogP contribution in [0.5, 0.6) is 17.2 Å².